The highest BCUT2D eigenvalue weighted by Crippen LogP contribution is 2.53. The first-order valence-electron chi connectivity index (χ1n) is 20.8. The zero-order valence-electron chi connectivity index (χ0n) is 36.8. The smallest absolute Gasteiger partial charge is 0.303 e. The Morgan fingerprint density at radius 2 is 1.34 bits per heavy atom. The Labute approximate surface area is 382 Å². The fourth-order valence-corrected chi connectivity index (χ4v) is 10.8. The molecule has 0 aromatic heterocycles. The van der Waals surface area contributed by atoms with Crippen LogP contribution in [-0.2, 0) is 69.8 Å². The molecule has 2 aliphatic rings. The number of allylic oxidation sites excluding steroid dienone is 8. The summed E-state index contributed by atoms with van der Waals surface area (Å²) in [7, 11) is -13.3. The van der Waals surface area contributed by atoms with Crippen LogP contribution in [0.1, 0.15) is 75.8 Å². The molecule has 4 rings (SSSR count). The third-order valence-corrected chi connectivity index (χ3v) is 15.5. The Bertz CT molecular complexity index is 2660. The number of aliphatic carboxylic acids is 1. The number of carbonyl (C=O) groups is 1. The highest BCUT2D eigenvalue weighted by Gasteiger charge is 2.49. The molecule has 2 atom stereocenters. The van der Waals surface area contributed by atoms with Crippen molar-refractivity contribution in [1.82, 2.24) is 0 Å². The average molecular weight is 988 g/mol. The molecule has 2 aliphatic heterocycles. The van der Waals surface area contributed by atoms with E-state index in [-0.39, 0.29) is 60.7 Å². The number of anilines is 1. The molecule has 0 radical (unpaired) electrons. The van der Waals surface area contributed by atoms with Crippen LogP contribution in [0, 0.1) is 0 Å². The van der Waals surface area contributed by atoms with Crippen LogP contribution in [0.3, 0.4) is 0 Å². The summed E-state index contributed by atoms with van der Waals surface area (Å²) in [6, 6.07) is 8.48. The maximum absolute atomic E-state index is 12.4. The molecule has 2 unspecified atom stereocenters. The summed E-state index contributed by atoms with van der Waals surface area (Å²) < 4.78 is 145. The molecular formula is C43H59N2O16S4+. The lowest BCUT2D eigenvalue weighted by Gasteiger charge is -2.34. The molecule has 0 aliphatic carbocycles. The second-order valence-corrected chi connectivity index (χ2v) is 22.2. The minimum Gasteiger partial charge on any atom is -0.481 e. The zero-order chi connectivity index (χ0) is 48.3. The molecule has 65 heavy (non-hydrogen) atoms. The minimum atomic E-state index is -4.66. The first kappa shape index (κ1) is 53.5. The standard InChI is InChI=1S/C43H58N2O16S4/c1-42(22-13-30-63(51,52)61-4)35-31-33(64(53,54)55)18-20-37(35)45(26-28-60-3)39(42)15-9-6-5-7-10-16-40-43(24-27-59-2,23-14-29-62(48,49)50)36-32-34(65(56,57)58)19-21-38(36)44(40)25-12-8-11-17-41(46)47/h5-7,9-10,15-16,18-21,31-32H,8,11-14,17,22-30H2,1-4H3,(H3-,46,47,48,49,50,53,54,55,56,57,58)/p+1. The number of nitrogens with zero attached hydrogens (tertiary/aromatic N) is 2. The van der Waals surface area contributed by atoms with Crippen molar-refractivity contribution in [2.45, 2.75) is 85.3 Å². The van der Waals surface area contributed by atoms with Crippen LogP contribution in [0.15, 0.2) is 94.4 Å². The summed E-state index contributed by atoms with van der Waals surface area (Å²) in [6.07, 6.45) is 14.7. The first-order chi connectivity index (χ1) is 30.4. The Hall–Kier alpha value is -4.10. The molecule has 0 bridgehead atoms. The average Bonchev–Trinajstić information content (AvgIpc) is 3.60. The van der Waals surface area contributed by atoms with Gasteiger partial charge in [0.2, 0.25) is 5.69 Å². The van der Waals surface area contributed by atoms with E-state index >= 15 is 0 Å². The van der Waals surface area contributed by atoms with Gasteiger partial charge in [-0.1, -0.05) is 36.8 Å². The second-order valence-electron chi connectivity index (χ2n) is 16.0. The van der Waals surface area contributed by atoms with Crippen LogP contribution >= 0.6 is 0 Å². The summed E-state index contributed by atoms with van der Waals surface area (Å²) in [5, 5.41) is 9.17. The van der Waals surface area contributed by atoms with Crippen molar-refractivity contribution >= 4 is 63.5 Å². The topological polar surface area (TPSA) is 268 Å². The van der Waals surface area contributed by atoms with E-state index in [2.05, 4.69) is 4.18 Å². The van der Waals surface area contributed by atoms with Crippen molar-refractivity contribution < 1.29 is 75.5 Å². The Morgan fingerprint density at radius 1 is 0.723 bits per heavy atom. The predicted octanol–water partition coefficient (Wildman–Crippen LogP) is 5.60. The quantitative estimate of drug-likeness (QED) is 0.0279. The van der Waals surface area contributed by atoms with Crippen LogP contribution in [0.4, 0.5) is 11.4 Å². The van der Waals surface area contributed by atoms with Crippen LogP contribution in [0.5, 0.6) is 0 Å². The van der Waals surface area contributed by atoms with Gasteiger partial charge in [-0.2, -0.15) is 38.2 Å². The molecule has 4 N–H and O–H groups in total. The van der Waals surface area contributed by atoms with E-state index in [1.807, 2.05) is 28.6 Å². The first-order valence-corrected chi connectivity index (χ1v) is 26.8. The number of hydrogen-bond donors (Lipinski definition) is 4. The van der Waals surface area contributed by atoms with Crippen LogP contribution in [0.2, 0.25) is 0 Å². The zero-order valence-corrected chi connectivity index (χ0v) is 40.1. The molecule has 2 aromatic carbocycles. The van der Waals surface area contributed by atoms with Crippen LogP contribution in [-0.4, -0.2) is 128 Å². The SMILES string of the molecule is COCC[N+]1=C(C=CC=CC=CC=C2N(CCCCCC(=O)O)c3ccc(S(=O)(=O)O)cc3C2(CCCS(=O)(=O)O)CCOC)C(C)(CCCS(=O)(=O)OC)c2cc(S(=O)(=O)O)ccc21. The number of carboxylic acid groups (broad SMARTS) is 1. The number of hydrogen-bond acceptors (Lipinski definition) is 13. The number of ether oxygens (including phenoxy) is 2. The molecule has 18 nitrogen and oxygen atoms in total. The maximum Gasteiger partial charge on any atom is 0.303 e. The van der Waals surface area contributed by atoms with Crippen LogP contribution < -0.4 is 4.90 Å². The van der Waals surface area contributed by atoms with Crippen molar-refractivity contribution in [3.05, 3.63) is 95.8 Å². The molecule has 0 saturated carbocycles. The van der Waals surface area contributed by atoms with Crippen molar-refractivity contribution in [1.29, 1.82) is 0 Å². The van der Waals surface area contributed by atoms with E-state index in [4.69, 9.17) is 9.47 Å². The number of methoxy groups -OCH3 is 2. The predicted molar refractivity (Wildman–Crippen MR) is 244 cm³/mol. The molecule has 2 heterocycles. The number of unbranched alkanes of at least 4 members (excludes halogenated alkanes) is 2. The van der Waals surface area contributed by atoms with Gasteiger partial charge >= 0.3 is 5.97 Å². The largest absolute Gasteiger partial charge is 0.481 e. The van der Waals surface area contributed by atoms with Crippen LogP contribution in [0.25, 0.3) is 0 Å². The molecule has 2 aromatic rings. The fraction of sp³-hybridized carbons (Fsp3) is 0.488. The van der Waals surface area contributed by atoms with Crippen molar-refractivity contribution in [2.75, 3.05) is 64.0 Å². The van der Waals surface area contributed by atoms with E-state index in [0.717, 1.165) is 7.11 Å². The van der Waals surface area contributed by atoms with E-state index in [9.17, 15) is 57.2 Å². The van der Waals surface area contributed by atoms with E-state index in [0.29, 0.717) is 72.9 Å². The van der Waals surface area contributed by atoms with Gasteiger partial charge in [-0.25, -0.2) is 0 Å². The molecule has 0 fully saturated rings. The minimum absolute atomic E-state index is 0.0152. The summed E-state index contributed by atoms with van der Waals surface area (Å²) in [5.74, 6) is -1.78. The Morgan fingerprint density at radius 3 is 1.95 bits per heavy atom. The second kappa shape index (κ2) is 22.6. The lowest BCUT2D eigenvalue weighted by atomic mass is 9.73. The number of benzene rings is 2. The van der Waals surface area contributed by atoms with Gasteiger partial charge in [0.05, 0.1) is 33.8 Å². The summed E-state index contributed by atoms with van der Waals surface area (Å²) in [5.41, 5.74) is 1.71. The molecule has 360 valence electrons. The van der Waals surface area contributed by atoms with E-state index in [1.165, 1.54) is 38.5 Å². The highest BCUT2D eigenvalue weighted by molar-refractivity contribution is 7.87. The highest BCUT2D eigenvalue weighted by atomic mass is 32.2. The van der Waals surface area contributed by atoms with Crippen molar-refractivity contribution in [3.8, 4) is 0 Å². The Balaban J connectivity index is 1.79. The number of rotatable bonds is 27. The number of carboxylic acids is 1. The summed E-state index contributed by atoms with van der Waals surface area (Å²) in [4.78, 5) is 12.5. The molecule has 0 amide bonds. The van der Waals surface area contributed by atoms with Gasteiger partial charge in [0.1, 0.15) is 6.61 Å². The van der Waals surface area contributed by atoms with E-state index < -0.39 is 63.0 Å². The Kier molecular flexibility index (Phi) is 18.6. The molecule has 0 spiro atoms. The van der Waals surface area contributed by atoms with Crippen molar-refractivity contribution in [2.24, 2.45) is 0 Å². The summed E-state index contributed by atoms with van der Waals surface area (Å²) in [6.45, 7) is 3.06. The lowest BCUT2D eigenvalue weighted by molar-refractivity contribution is -0.441. The monoisotopic (exact) mass is 987 g/mol. The number of fused-ring (bicyclic) bond motifs is 2. The lowest BCUT2D eigenvalue weighted by Crippen LogP contribution is -2.33. The van der Waals surface area contributed by atoms with Gasteiger partial charge in [-0.15, -0.1) is 0 Å². The van der Waals surface area contributed by atoms with Gasteiger partial charge in [-0.05, 0) is 93.8 Å². The van der Waals surface area contributed by atoms with E-state index in [1.54, 1.807) is 42.5 Å². The molecule has 22 heteroatoms. The normalized spacial score (nSPS) is 20.0. The fourth-order valence-electron chi connectivity index (χ4n) is 8.57. The van der Waals surface area contributed by atoms with Gasteiger partial charge in [-0.3, -0.25) is 22.6 Å². The summed E-state index contributed by atoms with van der Waals surface area (Å²) >= 11 is 0. The maximum atomic E-state index is 12.4. The van der Waals surface area contributed by atoms with Gasteiger partial charge in [0, 0.05) is 68.3 Å². The molecule has 0 saturated heterocycles. The van der Waals surface area contributed by atoms with Crippen molar-refractivity contribution in [3.63, 3.8) is 0 Å². The molecular weight excluding hydrogens is 929 g/mol. The third kappa shape index (κ3) is 14.0. The third-order valence-electron chi connectivity index (χ3n) is 11.7. The van der Waals surface area contributed by atoms with Gasteiger partial charge < -0.3 is 19.5 Å². The van der Waals surface area contributed by atoms with Gasteiger partial charge in [0.15, 0.2) is 12.3 Å². The van der Waals surface area contributed by atoms with Gasteiger partial charge in [0.25, 0.3) is 40.5 Å².